The van der Waals surface area contributed by atoms with Gasteiger partial charge in [0.05, 0.1) is 10.2 Å². The second kappa shape index (κ2) is 10.8. The van der Waals surface area contributed by atoms with Crippen LogP contribution in [0.1, 0.15) is 16.3 Å². The quantitative estimate of drug-likeness (QED) is 0.171. The van der Waals surface area contributed by atoms with E-state index in [4.69, 9.17) is 4.98 Å². The van der Waals surface area contributed by atoms with E-state index in [1.165, 1.54) is 26.9 Å². The number of aryl methyl sites for hydroxylation is 1. The third kappa shape index (κ3) is 5.02. The lowest BCUT2D eigenvalue weighted by molar-refractivity contribution is -0.646. The Morgan fingerprint density at radius 3 is 2.57 bits per heavy atom. The molecule has 3 nitrogen and oxygen atoms in total. The fourth-order valence-corrected chi connectivity index (χ4v) is 5.57. The molecule has 0 saturated heterocycles. The first-order valence-electron chi connectivity index (χ1n) is 12.0. The van der Waals surface area contributed by atoms with E-state index in [-0.39, 0.29) is 24.0 Å². The lowest BCUT2D eigenvalue weighted by Crippen LogP contribution is -3.00. The molecule has 2 aromatic heterocycles. The van der Waals surface area contributed by atoms with Crippen molar-refractivity contribution in [2.45, 2.75) is 0 Å². The van der Waals surface area contributed by atoms with E-state index < -0.39 is 0 Å². The molecule has 5 heteroatoms. The molecule has 0 unspecified atom stereocenters. The summed E-state index contributed by atoms with van der Waals surface area (Å²) >= 11 is 1.72. The molecular formula is C32H26IN3S. The van der Waals surface area contributed by atoms with Crippen LogP contribution >= 0.6 is 11.3 Å². The maximum atomic E-state index is 4.95. The Kier molecular flexibility index (Phi) is 7.35. The van der Waals surface area contributed by atoms with Crippen molar-refractivity contribution in [2.75, 3.05) is 11.9 Å². The lowest BCUT2D eigenvalue weighted by atomic mass is 10.1. The molecular weight excluding hydrogens is 585 g/mol. The van der Waals surface area contributed by atoms with Gasteiger partial charge in [-0.1, -0.05) is 48.5 Å². The van der Waals surface area contributed by atoms with Gasteiger partial charge in [0.2, 0.25) is 11.2 Å². The predicted molar refractivity (Wildman–Crippen MR) is 154 cm³/mol. The van der Waals surface area contributed by atoms with Gasteiger partial charge in [-0.2, -0.15) is 4.57 Å². The number of para-hydroxylation sites is 3. The maximum absolute atomic E-state index is 4.95. The van der Waals surface area contributed by atoms with Crippen molar-refractivity contribution >= 4 is 55.9 Å². The molecule has 0 aliphatic carbocycles. The summed E-state index contributed by atoms with van der Waals surface area (Å²) in [5, 5.41) is 2.24. The van der Waals surface area contributed by atoms with Crippen molar-refractivity contribution in [1.29, 1.82) is 0 Å². The minimum atomic E-state index is 0. The summed E-state index contributed by atoms with van der Waals surface area (Å²) < 4.78 is 3.42. The number of hydrogen-bond acceptors (Lipinski definition) is 3. The van der Waals surface area contributed by atoms with Gasteiger partial charge in [0, 0.05) is 47.6 Å². The van der Waals surface area contributed by atoms with Gasteiger partial charge in [0.25, 0.3) is 0 Å². The van der Waals surface area contributed by atoms with Gasteiger partial charge < -0.3 is 28.9 Å². The Bertz CT molecular complexity index is 1690. The number of aromatic nitrogens is 2. The van der Waals surface area contributed by atoms with E-state index in [0.717, 1.165) is 27.5 Å². The van der Waals surface area contributed by atoms with E-state index in [0.29, 0.717) is 0 Å². The largest absolute Gasteiger partial charge is 1.00 e. The minimum absolute atomic E-state index is 0. The number of allylic oxidation sites excluding steroid dienone is 5. The number of anilines is 1. The van der Waals surface area contributed by atoms with Gasteiger partial charge in [-0.3, -0.25) is 0 Å². The van der Waals surface area contributed by atoms with Crippen molar-refractivity contribution in [3.63, 3.8) is 0 Å². The highest BCUT2D eigenvalue weighted by molar-refractivity contribution is 7.19. The summed E-state index contributed by atoms with van der Waals surface area (Å²) in [7, 11) is 4.23. The molecule has 0 bridgehead atoms. The van der Waals surface area contributed by atoms with Crippen molar-refractivity contribution in [1.82, 2.24) is 4.98 Å². The first kappa shape index (κ1) is 25.1. The van der Waals surface area contributed by atoms with Gasteiger partial charge in [-0.25, -0.2) is 4.98 Å². The maximum Gasteiger partial charge on any atom is 0.212 e. The molecule has 0 N–H and O–H groups in total. The zero-order chi connectivity index (χ0) is 24.5. The van der Waals surface area contributed by atoms with Crippen molar-refractivity contribution in [3.8, 4) is 0 Å². The smallest absolute Gasteiger partial charge is 0.212 e. The standard InChI is InChI=1S/C32H26N3S.HI/c1-34-26(19-15-23-9-3-6-12-29(23)34)21-17-25(32-33-28-11-5-8-14-31(28)36-32)18-22-27-20-16-24-10-4-7-13-30(24)35(27)2;/h3-22H,1-2H3;1H/q+1;/p-1. The number of fused-ring (bicyclic) bond motifs is 3. The summed E-state index contributed by atoms with van der Waals surface area (Å²) in [6, 6.07) is 29.6. The van der Waals surface area contributed by atoms with Crippen LogP contribution in [0.15, 0.2) is 115 Å². The van der Waals surface area contributed by atoms with Crippen molar-refractivity contribution < 1.29 is 28.5 Å². The Morgan fingerprint density at radius 1 is 0.892 bits per heavy atom. The highest BCUT2D eigenvalue weighted by Gasteiger charge is 2.13. The topological polar surface area (TPSA) is 20.0 Å². The normalized spacial score (nSPS) is 14.5. The second-order valence-electron chi connectivity index (χ2n) is 8.86. The van der Waals surface area contributed by atoms with E-state index >= 15 is 0 Å². The molecule has 0 fully saturated rings. The van der Waals surface area contributed by atoms with Crippen molar-refractivity contribution in [2.24, 2.45) is 7.05 Å². The SMILES string of the molecule is CN1\C(=C/C=C(/C=C/c2ccc3ccccc3[n+]2C)c2nc3ccccc3s2)C=Cc2ccccc21.[I-]. The van der Waals surface area contributed by atoms with Crippen LogP contribution in [0.3, 0.4) is 0 Å². The summed E-state index contributed by atoms with van der Waals surface area (Å²) in [5.74, 6) is 0. The van der Waals surface area contributed by atoms with E-state index in [9.17, 15) is 0 Å². The molecule has 5 aromatic rings. The molecule has 0 spiro atoms. The number of rotatable bonds is 4. The van der Waals surface area contributed by atoms with Gasteiger partial charge in [-0.05, 0) is 60.2 Å². The lowest BCUT2D eigenvalue weighted by Gasteiger charge is -2.26. The van der Waals surface area contributed by atoms with Crippen LogP contribution in [0.4, 0.5) is 5.69 Å². The van der Waals surface area contributed by atoms with Crippen molar-refractivity contribution in [3.05, 3.63) is 131 Å². The molecule has 1 aliphatic heterocycles. The number of hydrogen-bond donors (Lipinski definition) is 0. The summed E-state index contributed by atoms with van der Waals surface area (Å²) in [6.45, 7) is 0. The van der Waals surface area contributed by atoms with Crippen LogP contribution in [-0.4, -0.2) is 12.0 Å². The summed E-state index contributed by atoms with van der Waals surface area (Å²) in [4.78, 5) is 7.18. The molecule has 182 valence electrons. The Balaban J connectivity index is 0.00000280. The summed E-state index contributed by atoms with van der Waals surface area (Å²) in [5.41, 5.74) is 8.03. The Hall–Kier alpha value is -3.55. The van der Waals surface area contributed by atoms with Gasteiger partial charge in [-0.15, -0.1) is 11.3 Å². The number of pyridine rings is 1. The molecule has 0 saturated carbocycles. The van der Waals surface area contributed by atoms with Crippen LogP contribution in [0, 0.1) is 0 Å². The number of halogens is 1. The molecule has 1 aliphatic rings. The molecule has 0 atom stereocenters. The predicted octanol–water partition coefficient (Wildman–Crippen LogP) is 4.42. The fraction of sp³-hybridized carbons (Fsp3) is 0.0625. The average molecular weight is 612 g/mol. The highest BCUT2D eigenvalue weighted by atomic mass is 127. The monoisotopic (exact) mass is 611 g/mol. The Morgan fingerprint density at radius 2 is 1.68 bits per heavy atom. The number of thiazole rings is 1. The average Bonchev–Trinajstić information content (AvgIpc) is 3.35. The fourth-order valence-electron chi connectivity index (χ4n) is 4.60. The zero-order valence-corrected chi connectivity index (χ0v) is 23.6. The molecule has 6 rings (SSSR count). The molecule has 3 heterocycles. The van der Waals surface area contributed by atoms with Crippen LogP contribution in [0.2, 0.25) is 0 Å². The second-order valence-corrected chi connectivity index (χ2v) is 9.89. The van der Waals surface area contributed by atoms with E-state index in [1.54, 1.807) is 11.3 Å². The molecule has 37 heavy (non-hydrogen) atoms. The first-order valence-corrected chi connectivity index (χ1v) is 12.8. The summed E-state index contributed by atoms with van der Waals surface area (Å²) in [6.07, 6.45) is 13.1. The third-order valence-corrected chi connectivity index (χ3v) is 7.73. The van der Waals surface area contributed by atoms with Crippen LogP contribution in [0.25, 0.3) is 38.8 Å². The van der Waals surface area contributed by atoms with Crippen LogP contribution < -0.4 is 33.4 Å². The number of likely N-dealkylation sites (N-methyl/N-ethyl adjacent to an activating group) is 1. The first-order chi connectivity index (χ1) is 17.7. The van der Waals surface area contributed by atoms with E-state index in [1.807, 2.05) is 6.07 Å². The third-order valence-electron chi connectivity index (χ3n) is 6.65. The molecule has 0 amide bonds. The van der Waals surface area contributed by atoms with Crippen LogP contribution in [0.5, 0.6) is 0 Å². The number of nitrogens with zero attached hydrogens (tertiary/aromatic N) is 3. The zero-order valence-electron chi connectivity index (χ0n) is 20.7. The Labute approximate surface area is 238 Å². The van der Waals surface area contributed by atoms with Gasteiger partial charge >= 0.3 is 0 Å². The van der Waals surface area contributed by atoms with Gasteiger partial charge in [0.15, 0.2) is 0 Å². The number of benzene rings is 3. The highest BCUT2D eigenvalue weighted by Crippen LogP contribution is 2.31. The van der Waals surface area contributed by atoms with Crippen LogP contribution in [-0.2, 0) is 7.05 Å². The van der Waals surface area contributed by atoms with E-state index in [2.05, 4.69) is 139 Å². The minimum Gasteiger partial charge on any atom is -1.00 e. The molecule has 3 aromatic carbocycles. The van der Waals surface area contributed by atoms with Gasteiger partial charge in [0.1, 0.15) is 12.1 Å². The molecule has 0 radical (unpaired) electrons.